The third-order valence-electron chi connectivity index (χ3n) is 2.62. The molecular formula is C18H29F2HfSi. The van der Waals surface area contributed by atoms with Gasteiger partial charge in [0.15, 0.2) is 0 Å². The molecule has 22 heavy (non-hydrogen) atoms. The van der Waals surface area contributed by atoms with Gasteiger partial charge in [-0.2, -0.15) is 12.2 Å². The molecular weight excluding hydrogens is 461 g/mol. The predicted molar refractivity (Wildman–Crippen MR) is 89.7 cm³/mol. The minimum atomic E-state index is 0. The quantitative estimate of drug-likeness (QED) is 0.368. The molecule has 0 heterocycles. The van der Waals surface area contributed by atoms with Crippen molar-refractivity contribution in [2.75, 3.05) is 0 Å². The van der Waals surface area contributed by atoms with Crippen LogP contribution in [0.15, 0.2) is 35.5 Å². The maximum Gasteiger partial charge on any atom is 4.00 e. The van der Waals surface area contributed by atoms with E-state index >= 15 is 0 Å². The Bertz CT molecular complexity index is 302. The summed E-state index contributed by atoms with van der Waals surface area (Å²) in [7, 11) is 0.750. The van der Waals surface area contributed by atoms with Crippen LogP contribution in [0.3, 0.4) is 0 Å². The molecule has 0 aromatic carbocycles. The third-order valence-corrected chi connectivity index (χ3v) is 2.62. The van der Waals surface area contributed by atoms with Gasteiger partial charge < -0.3 is 9.41 Å². The number of rotatable bonds is 4. The van der Waals surface area contributed by atoms with E-state index in [0.717, 1.165) is 22.4 Å². The summed E-state index contributed by atoms with van der Waals surface area (Å²) in [5, 5.41) is 0. The fraction of sp³-hybridized carbons (Fsp3) is 0.556. The van der Waals surface area contributed by atoms with Crippen LogP contribution in [0.25, 0.3) is 0 Å². The Morgan fingerprint density at radius 2 is 1.18 bits per heavy atom. The maximum atomic E-state index is 3.14. The molecule has 0 fully saturated rings. The van der Waals surface area contributed by atoms with Gasteiger partial charge in [0.2, 0.25) is 0 Å². The van der Waals surface area contributed by atoms with E-state index in [1.807, 2.05) is 0 Å². The van der Waals surface area contributed by atoms with Crippen LogP contribution in [0.1, 0.15) is 52.4 Å². The minimum Gasteiger partial charge on any atom is -1.00 e. The number of hydrogen-bond donors (Lipinski definition) is 0. The minimum absolute atomic E-state index is 0. The van der Waals surface area contributed by atoms with Crippen LogP contribution in [-0.2, 0) is 25.8 Å². The molecule has 0 aliphatic heterocycles. The molecule has 0 spiro atoms. The molecule has 0 atom stereocenters. The van der Waals surface area contributed by atoms with Crippen molar-refractivity contribution in [3.63, 3.8) is 0 Å². The SMILES string of the molecule is CCCC1=CC[C-]=C1.CCCC1=CC[C-]=C1.C[SiH]C.[F-].[F-].[Hf+4]. The topological polar surface area (TPSA) is 0 Å². The molecule has 2 rings (SSSR count). The van der Waals surface area contributed by atoms with Gasteiger partial charge in [0.1, 0.15) is 0 Å². The van der Waals surface area contributed by atoms with E-state index in [1.54, 1.807) is 0 Å². The van der Waals surface area contributed by atoms with Gasteiger partial charge >= 0.3 is 25.8 Å². The Labute approximate surface area is 157 Å². The first-order chi connectivity index (χ1) is 9.28. The Morgan fingerprint density at radius 1 is 0.864 bits per heavy atom. The summed E-state index contributed by atoms with van der Waals surface area (Å²) in [6.07, 6.45) is 22.0. The standard InChI is InChI=1S/2C8H11.C2H7Si.2FH.Hf/c2*1-2-5-8-6-3-4-7-8;1-3-2;;;/h2*6-7H,2-3,5H2,1H3;3H,1-2H3;2*1H;/q2*-1;;;;+4/p-2. The molecule has 0 nitrogen and oxygen atoms in total. The van der Waals surface area contributed by atoms with Gasteiger partial charge in [0.25, 0.3) is 0 Å². The molecule has 2 aliphatic carbocycles. The zero-order valence-corrected chi connectivity index (χ0v) is 19.1. The van der Waals surface area contributed by atoms with Crippen LogP contribution in [-0.4, -0.2) is 9.52 Å². The van der Waals surface area contributed by atoms with Crippen molar-refractivity contribution in [2.24, 2.45) is 0 Å². The zero-order chi connectivity index (χ0) is 14.3. The molecule has 0 unspecified atom stereocenters. The second kappa shape index (κ2) is 23.2. The molecule has 2 aliphatic rings. The number of allylic oxidation sites excluding steroid dienone is 8. The van der Waals surface area contributed by atoms with Gasteiger partial charge in [-0.05, 0) is 0 Å². The average Bonchev–Trinajstić information content (AvgIpc) is 3.05. The second-order valence-electron chi connectivity index (χ2n) is 4.74. The van der Waals surface area contributed by atoms with E-state index in [2.05, 4.69) is 63.4 Å². The number of halogens is 2. The first-order valence-electron chi connectivity index (χ1n) is 7.53. The molecule has 123 valence electrons. The average molecular weight is 490 g/mol. The van der Waals surface area contributed by atoms with Crippen LogP contribution in [0.4, 0.5) is 0 Å². The van der Waals surface area contributed by atoms with Crippen molar-refractivity contribution in [2.45, 2.75) is 65.5 Å². The van der Waals surface area contributed by atoms with Gasteiger partial charge in [-0.3, -0.25) is 12.2 Å². The predicted octanol–water partition coefficient (Wildman–Crippen LogP) is -0.523. The Balaban J connectivity index is -0.000000112. The van der Waals surface area contributed by atoms with E-state index in [0.29, 0.717) is 0 Å². The van der Waals surface area contributed by atoms with Crippen LogP contribution in [0.2, 0.25) is 13.1 Å². The monoisotopic (exact) mass is 491 g/mol. The van der Waals surface area contributed by atoms with Crippen LogP contribution < -0.4 is 9.41 Å². The van der Waals surface area contributed by atoms with E-state index in [9.17, 15) is 0 Å². The molecule has 0 aromatic heterocycles. The summed E-state index contributed by atoms with van der Waals surface area (Å²) in [6, 6.07) is 0. The van der Waals surface area contributed by atoms with Crippen molar-refractivity contribution < 1.29 is 35.3 Å². The van der Waals surface area contributed by atoms with Crippen molar-refractivity contribution in [1.82, 2.24) is 0 Å². The second-order valence-corrected chi connectivity index (χ2v) is 5.90. The van der Waals surface area contributed by atoms with Gasteiger partial charge in [-0.1, -0.05) is 52.6 Å². The molecule has 0 saturated heterocycles. The third kappa shape index (κ3) is 18.0. The van der Waals surface area contributed by atoms with Crippen LogP contribution in [0.5, 0.6) is 0 Å². The molecule has 0 N–H and O–H groups in total. The number of hydrogen-bond acceptors (Lipinski definition) is 0. The van der Waals surface area contributed by atoms with Gasteiger partial charge in [0.05, 0.1) is 0 Å². The van der Waals surface area contributed by atoms with E-state index in [4.69, 9.17) is 0 Å². The molecule has 4 heteroatoms. The van der Waals surface area contributed by atoms with Crippen molar-refractivity contribution >= 4 is 9.52 Å². The van der Waals surface area contributed by atoms with Gasteiger partial charge in [0, 0.05) is 9.52 Å². The fourth-order valence-electron chi connectivity index (χ4n) is 1.80. The van der Waals surface area contributed by atoms with Crippen LogP contribution in [0, 0.1) is 12.2 Å². The maximum absolute atomic E-state index is 3.14. The van der Waals surface area contributed by atoms with Crippen molar-refractivity contribution in [3.8, 4) is 0 Å². The van der Waals surface area contributed by atoms with E-state index in [1.165, 1.54) is 36.8 Å². The smallest absolute Gasteiger partial charge is 1.00 e. The van der Waals surface area contributed by atoms with Crippen molar-refractivity contribution in [1.29, 1.82) is 0 Å². The Morgan fingerprint density at radius 3 is 1.36 bits per heavy atom. The molecule has 0 amide bonds. The zero-order valence-electron chi connectivity index (χ0n) is 14.4. The van der Waals surface area contributed by atoms with Gasteiger partial charge in [-0.15, -0.1) is 12.8 Å². The van der Waals surface area contributed by atoms with Crippen LogP contribution >= 0.6 is 0 Å². The molecule has 0 bridgehead atoms. The summed E-state index contributed by atoms with van der Waals surface area (Å²) in [4.78, 5) is 0. The van der Waals surface area contributed by atoms with E-state index in [-0.39, 0.29) is 35.3 Å². The molecule has 0 saturated carbocycles. The fourth-order valence-corrected chi connectivity index (χ4v) is 1.80. The summed E-state index contributed by atoms with van der Waals surface area (Å²) < 4.78 is 0. The summed E-state index contributed by atoms with van der Waals surface area (Å²) in [6.45, 7) is 8.82. The molecule has 1 radical (unpaired) electrons. The largest absolute Gasteiger partial charge is 4.00 e. The Kier molecular flexibility index (Phi) is 31.5. The van der Waals surface area contributed by atoms with Gasteiger partial charge in [-0.25, -0.2) is 23.3 Å². The summed E-state index contributed by atoms with van der Waals surface area (Å²) >= 11 is 0. The summed E-state index contributed by atoms with van der Waals surface area (Å²) in [5.74, 6) is 0. The first-order valence-corrected chi connectivity index (χ1v) is 9.84. The first kappa shape index (κ1) is 29.9. The molecule has 0 aromatic rings. The van der Waals surface area contributed by atoms with Crippen molar-refractivity contribution in [3.05, 3.63) is 47.6 Å². The summed E-state index contributed by atoms with van der Waals surface area (Å²) in [5.41, 5.74) is 2.93. The Hall–Kier alpha value is -0.0930. The normalized spacial score (nSPS) is 13.1. The van der Waals surface area contributed by atoms with E-state index < -0.39 is 0 Å².